The van der Waals surface area contributed by atoms with E-state index in [9.17, 15) is 9.59 Å². The Morgan fingerprint density at radius 2 is 1.96 bits per heavy atom. The highest BCUT2D eigenvalue weighted by Gasteiger charge is 2.25. The third-order valence-electron chi connectivity index (χ3n) is 4.72. The van der Waals surface area contributed by atoms with E-state index in [1.165, 1.54) is 12.5 Å². The molecule has 6 nitrogen and oxygen atoms in total. The van der Waals surface area contributed by atoms with Gasteiger partial charge >= 0.3 is 5.97 Å². The minimum absolute atomic E-state index is 0.0719. The zero-order valence-corrected chi connectivity index (χ0v) is 15.7. The Balaban J connectivity index is 1.52. The first-order valence-electron chi connectivity index (χ1n) is 9.28. The summed E-state index contributed by atoms with van der Waals surface area (Å²) in [5.41, 5.74) is 2.70. The molecule has 0 heterocycles. The molecule has 1 amide bonds. The molecule has 0 aliphatic heterocycles. The van der Waals surface area contributed by atoms with Crippen LogP contribution in [0, 0.1) is 11.3 Å². The number of carbonyl (C=O) groups is 2. The number of carbonyl (C=O) groups excluding carboxylic acids is 2. The van der Waals surface area contributed by atoms with Crippen molar-refractivity contribution in [3.63, 3.8) is 0 Å². The average molecular weight is 378 g/mol. The standard InChI is InChI=1S/C22H22N2O4/c1-15(28-21(25)14-27-20-12-5-3-8-17(20)13-23)22(26)24-19-11-6-9-16-7-2-4-10-18(16)19/h2-5,7-8,10,12,15,19H,6,9,11,14H2,1H3,(H,24,26)/t15-,19+/m0/s1. The molecule has 0 saturated heterocycles. The fraction of sp³-hybridized carbons (Fsp3) is 0.318. The average Bonchev–Trinajstić information content (AvgIpc) is 2.72. The first-order valence-corrected chi connectivity index (χ1v) is 9.28. The van der Waals surface area contributed by atoms with Gasteiger partial charge < -0.3 is 14.8 Å². The summed E-state index contributed by atoms with van der Waals surface area (Å²) in [6.45, 7) is 1.16. The molecule has 0 aromatic heterocycles. The molecule has 2 aromatic rings. The minimum atomic E-state index is -0.934. The Hall–Kier alpha value is -3.33. The maximum absolute atomic E-state index is 12.5. The van der Waals surface area contributed by atoms with Crippen molar-refractivity contribution in [1.82, 2.24) is 5.32 Å². The van der Waals surface area contributed by atoms with E-state index in [2.05, 4.69) is 11.4 Å². The van der Waals surface area contributed by atoms with Crippen LogP contribution in [0.1, 0.15) is 42.5 Å². The second-order valence-corrected chi connectivity index (χ2v) is 6.68. The summed E-state index contributed by atoms with van der Waals surface area (Å²) < 4.78 is 10.5. The van der Waals surface area contributed by atoms with Crippen molar-refractivity contribution in [2.45, 2.75) is 38.3 Å². The molecule has 2 atom stereocenters. The fourth-order valence-corrected chi connectivity index (χ4v) is 3.30. The van der Waals surface area contributed by atoms with Gasteiger partial charge in [0.15, 0.2) is 12.7 Å². The molecule has 1 aliphatic rings. The highest BCUT2D eigenvalue weighted by atomic mass is 16.6. The van der Waals surface area contributed by atoms with Crippen molar-refractivity contribution >= 4 is 11.9 Å². The van der Waals surface area contributed by atoms with Crippen molar-refractivity contribution < 1.29 is 19.1 Å². The van der Waals surface area contributed by atoms with Crippen LogP contribution < -0.4 is 10.1 Å². The Bertz CT molecular complexity index is 903. The number of nitriles is 1. The number of nitrogens with zero attached hydrogens (tertiary/aromatic N) is 1. The van der Waals surface area contributed by atoms with Gasteiger partial charge in [-0.1, -0.05) is 36.4 Å². The Morgan fingerprint density at radius 1 is 1.21 bits per heavy atom. The van der Waals surface area contributed by atoms with Gasteiger partial charge in [0, 0.05) is 0 Å². The van der Waals surface area contributed by atoms with Gasteiger partial charge in [0.05, 0.1) is 11.6 Å². The summed E-state index contributed by atoms with van der Waals surface area (Å²) in [4.78, 5) is 24.5. The molecule has 0 saturated carbocycles. The number of fused-ring (bicyclic) bond motifs is 1. The molecule has 1 aliphatic carbocycles. The number of aryl methyl sites for hydroxylation is 1. The lowest BCUT2D eigenvalue weighted by molar-refractivity contribution is -0.156. The van der Waals surface area contributed by atoms with Gasteiger partial charge in [-0.2, -0.15) is 5.26 Å². The summed E-state index contributed by atoms with van der Waals surface area (Å²) in [7, 11) is 0. The van der Waals surface area contributed by atoms with Crippen molar-refractivity contribution in [3.05, 3.63) is 65.2 Å². The zero-order valence-electron chi connectivity index (χ0n) is 15.7. The van der Waals surface area contributed by atoms with Gasteiger partial charge in [-0.25, -0.2) is 4.79 Å². The largest absolute Gasteiger partial charge is 0.481 e. The van der Waals surface area contributed by atoms with Crippen LogP contribution in [0.2, 0.25) is 0 Å². The number of hydrogen-bond acceptors (Lipinski definition) is 5. The topological polar surface area (TPSA) is 88.4 Å². The van der Waals surface area contributed by atoms with Crippen molar-refractivity contribution in [2.75, 3.05) is 6.61 Å². The van der Waals surface area contributed by atoms with E-state index in [-0.39, 0.29) is 18.6 Å². The summed E-state index contributed by atoms with van der Waals surface area (Å²) in [6.07, 6.45) is 1.94. The van der Waals surface area contributed by atoms with E-state index >= 15 is 0 Å². The minimum Gasteiger partial charge on any atom is -0.481 e. The molecule has 0 bridgehead atoms. The molecule has 2 aromatic carbocycles. The zero-order chi connectivity index (χ0) is 19.9. The maximum Gasteiger partial charge on any atom is 0.344 e. The number of esters is 1. The predicted octanol–water partition coefficient (Wildman–Crippen LogP) is 3.06. The third kappa shape index (κ3) is 4.68. The monoisotopic (exact) mass is 378 g/mol. The van der Waals surface area contributed by atoms with Gasteiger partial charge in [-0.3, -0.25) is 4.79 Å². The van der Waals surface area contributed by atoms with Crippen LogP contribution in [0.3, 0.4) is 0 Å². The smallest absolute Gasteiger partial charge is 0.344 e. The van der Waals surface area contributed by atoms with Crippen LogP contribution in [0.15, 0.2) is 48.5 Å². The maximum atomic E-state index is 12.5. The van der Waals surface area contributed by atoms with Crippen LogP contribution >= 0.6 is 0 Å². The number of benzene rings is 2. The van der Waals surface area contributed by atoms with Crippen LogP contribution in [0.25, 0.3) is 0 Å². The number of rotatable bonds is 6. The first kappa shape index (κ1) is 19.4. The number of hydrogen-bond donors (Lipinski definition) is 1. The summed E-state index contributed by atoms with van der Waals surface area (Å²) in [5, 5.41) is 12.0. The van der Waals surface area contributed by atoms with E-state index in [4.69, 9.17) is 14.7 Å². The molecule has 0 spiro atoms. The van der Waals surface area contributed by atoms with Crippen molar-refractivity contribution in [3.8, 4) is 11.8 Å². The predicted molar refractivity (Wildman–Crippen MR) is 102 cm³/mol. The summed E-state index contributed by atoms with van der Waals surface area (Å²) >= 11 is 0. The van der Waals surface area contributed by atoms with Gasteiger partial charge in [-0.15, -0.1) is 0 Å². The molecule has 144 valence electrons. The summed E-state index contributed by atoms with van der Waals surface area (Å²) in [6, 6.07) is 16.6. The number of ether oxygens (including phenoxy) is 2. The third-order valence-corrected chi connectivity index (χ3v) is 4.72. The normalized spacial score (nSPS) is 16.2. The second-order valence-electron chi connectivity index (χ2n) is 6.68. The molecule has 0 radical (unpaired) electrons. The van der Waals surface area contributed by atoms with E-state index in [0.717, 1.165) is 24.8 Å². The van der Waals surface area contributed by atoms with Crippen LogP contribution in [-0.2, 0) is 20.7 Å². The van der Waals surface area contributed by atoms with Crippen LogP contribution in [-0.4, -0.2) is 24.6 Å². The van der Waals surface area contributed by atoms with Gasteiger partial charge in [0.1, 0.15) is 11.8 Å². The number of amides is 1. The molecule has 3 rings (SSSR count). The Morgan fingerprint density at radius 3 is 2.79 bits per heavy atom. The van der Waals surface area contributed by atoms with Gasteiger partial charge in [-0.05, 0) is 49.4 Å². The quantitative estimate of drug-likeness (QED) is 0.781. The lowest BCUT2D eigenvalue weighted by Crippen LogP contribution is -2.39. The first-order chi connectivity index (χ1) is 13.6. The molecule has 0 unspecified atom stereocenters. The van der Waals surface area contributed by atoms with E-state index < -0.39 is 12.1 Å². The molecule has 6 heteroatoms. The fourth-order valence-electron chi connectivity index (χ4n) is 3.30. The Labute approximate surface area is 164 Å². The number of nitrogens with one attached hydrogen (secondary N) is 1. The molecular formula is C22H22N2O4. The van der Waals surface area contributed by atoms with Crippen molar-refractivity contribution in [2.24, 2.45) is 0 Å². The molecule has 1 N–H and O–H groups in total. The Kier molecular flexibility index (Phi) is 6.28. The van der Waals surface area contributed by atoms with Crippen molar-refractivity contribution in [1.29, 1.82) is 5.26 Å². The van der Waals surface area contributed by atoms with E-state index in [0.29, 0.717) is 11.3 Å². The molecule has 28 heavy (non-hydrogen) atoms. The lowest BCUT2D eigenvalue weighted by atomic mass is 9.87. The highest BCUT2D eigenvalue weighted by Crippen LogP contribution is 2.29. The van der Waals surface area contributed by atoms with Gasteiger partial charge in [0.25, 0.3) is 5.91 Å². The highest BCUT2D eigenvalue weighted by molar-refractivity contribution is 5.84. The summed E-state index contributed by atoms with van der Waals surface area (Å²) in [5.74, 6) is -0.704. The molecule has 0 fully saturated rings. The van der Waals surface area contributed by atoms with E-state index in [1.807, 2.05) is 24.3 Å². The van der Waals surface area contributed by atoms with Crippen LogP contribution in [0.5, 0.6) is 5.75 Å². The second kappa shape index (κ2) is 9.05. The number of para-hydroxylation sites is 1. The molecular weight excluding hydrogens is 356 g/mol. The SMILES string of the molecule is C[C@H](OC(=O)COc1ccccc1C#N)C(=O)N[C@@H]1CCCc2ccccc21. The van der Waals surface area contributed by atoms with Crippen LogP contribution in [0.4, 0.5) is 0 Å². The van der Waals surface area contributed by atoms with Gasteiger partial charge in [0.2, 0.25) is 0 Å². The lowest BCUT2D eigenvalue weighted by Gasteiger charge is -2.27. The van der Waals surface area contributed by atoms with E-state index in [1.54, 1.807) is 24.3 Å².